The minimum Gasteiger partial charge on any atom is -0.388 e. The maximum atomic E-state index is 16.7. The standard InChI is InChI=1S/C53H66O3/c54-51(49(43-35-31-41(32-36-43)39-19-7-1-8-20-39)52(55,45-23-11-3-12-24-45)46-25-13-4-14-26-46)50(44-37-33-42(34-38-44)40-21-9-2-10-22-40)53(56,47-27-15-5-16-28-47)48-29-17-6-18-30-48/h1-2,7-10,19-22,31-38,45-50,55-56H,3-6,11-18,23-30H2. The van der Waals surface area contributed by atoms with E-state index in [9.17, 15) is 10.2 Å². The Labute approximate surface area is 337 Å². The van der Waals surface area contributed by atoms with E-state index < -0.39 is 23.0 Å². The van der Waals surface area contributed by atoms with Crippen molar-refractivity contribution in [1.29, 1.82) is 0 Å². The van der Waals surface area contributed by atoms with Crippen LogP contribution in [-0.4, -0.2) is 27.2 Å². The monoisotopic (exact) mass is 751 g/mol. The highest BCUT2D eigenvalue weighted by molar-refractivity contribution is 5.94. The van der Waals surface area contributed by atoms with Crippen molar-refractivity contribution in [1.82, 2.24) is 0 Å². The molecular weight excluding hydrogens is 685 g/mol. The molecule has 3 nitrogen and oxygen atoms in total. The molecule has 4 aromatic carbocycles. The first kappa shape index (κ1) is 39.3. The van der Waals surface area contributed by atoms with E-state index in [4.69, 9.17) is 0 Å². The van der Waals surface area contributed by atoms with Gasteiger partial charge in [-0.05, 0) is 108 Å². The summed E-state index contributed by atoms with van der Waals surface area (Å²) in [5.74, 6) is -1.17. The maximum absolute atomic E-state index is 16.7. The number of carbonyl (C=O) groups is 1. The van der Waals surface area contributed by atoms with Crippen LogP contribution in [0.5, 0.6) is 0 Å². The predicted molar refractivity (Wildman–Crippen MR) is 230 cm³/mol. The molecule has 0 aliphatic heterocycles. The highest BCUT2D eigenvalue weighted by Crippen LogP contribution is 2.56. The van der Waals surface area contributed by atoms with E-state index in [0.29, 0.717) is 0 Å². The molecule has 4 aliphatic carbocycles. The number of hydrogen-bond acceptors (Lipinski definition) is 3. The van der Waals surface area contributed by atoms with Crippen LogP contribution >= 0.6 is 0 Å². The van der Waals surface area contributed by atoms with Crippen molar-refractivity contribution in [3.63, 3.8) is 0 Å². The van der Waals surface area contributed by atoms with Gasteiger partial charge in [-0.15, -0.1) is 0 Å². The van der Waals surface area contributed by atoms with Crippen molar-refractivity contribution in [3.05, 3.63) is 120 Å². The topological polar surface area (TPSA) is 57.5 Å². The number of aliphatic hydroxyl groups is 2. The molecule has 0 heterocycles. The number of carbonyl (C=O) groups excluding carboxylic acids is 1. The molecule has 0 spiro atoms. The fraction of sp³-hybridized carbons (Fsp3) is 0.528. The van der Waals surface area contributed by atoms with Crippen LogP contribution in [0.25, 0.3) is 22.3 Å². The molecule has 0 amide bonds. The number of benzene rings is 4. The summed E-state index contributed by atoms with van der Waals surface area (Å²) in [5.41, 5.74) is 4.02. The summed E-state index contributed by atoms with van der Waals surface area (Å²) in [6.07, 6.45) is 21.3. The highest BCUT2D eigenvalue weighted by atomic mass is 16.3. The second kappa shape index (κ2) is 17.9. The summed E-state index contributed by atoms with van der Waals surface area (Å²) in [6.45, 7) is 0. The van der Waals surface area contributed by atoms with E-state index in [1.807, 2.05) is 12.1 Å². The lowest BCUT2D eigenvalue weighted by atomic mass is 9.54. The molecule has 0 aromatic heterocycles. The van der Waals surface area contributed by atoms with Gasteiger partial charge in [0.1, 0.15) is 0 Å². The van der Waals surface area contributed by atoms with Crippen LogP contribution in [0.4, 0.5) is 0 Å². The first-order valence-corrected chi connectivity index (χ1v) is 22.8. The third-order valence-corrected chi connectivity index (χ3v) is 15.2. The van der Waals surface area contributed by atoms with Crippen molar-refractivity contribution in [2.24, 2.45) is 23.7 Å². The van der Waals surface area contributed by atoms with Crippen LogP contribution in [0.1, 0.15) is 151 Å². The SMILES string of the molecule is O=C(C(c1ccc(-c2ccccc2)cc1)C(O)(C1CCCCC1)C1CCCCC1)C(c1ccc(-c2ccccc2)cc1)C(O)(C1CCCCC1)C1CCCCC1. The summed E-state index contributed by atoms with van der Waals surface area (Å²) in [5, 5.41) is 28.0. The van der Waals surface area contributed by atoms with Crippen molar-refractivity contribution in [2.45, 2.75) is 151 Å². The molecule has 296 valence electrons. The second-order valence-corrected chi connectivity index (χ2v) is 18.4. The summed E-state index contributed by atoms with van der Waals surface area (Å²) in [4.78, 5) is 16.7. The maximum Gasteiger partial charge on any atom is 0.153 e. The van der Waals surface area contributed by atoms with E-state index in [-0.39, 0.29) is 29.5 Å². The Hall–Kier alpha value is -3.53. The quantitative estimate of drug-likeness (QED) is 0.152. The molecule has 56 heavy (non-hydrogen) atoms. The van der Waals surface area contributed by atoms with Crippen LogP contribution in [-0.2, 0) is 4.79 Å². The Balaban J connectivity index is 1.32. The molecule has 0 saturated heterocycles. The lowest BCUT2D eigenvalue weighted by Gasteiger charge is -2.53. The zero-order valence-electron chi connectivity index (χ0n) is 33.8. The van der Waals surface area contributed by atoms with Gasteiger partial charge in [0.15, 0.2) is 5.78 Å². The van der Waals surface area contributed by atoms with Crippen LogP contribution in [0.3, 0.4) is 0 Å². The van der Waals surface area contributed by atoms with Gasteiger partial charge < -0.3 is 10.2 Å². The van der Waals surface area contributed by atoms with Gasteiger partial charge in [-0.1, -0.05) is 186 Å². The Morgan fingerprint density at radius 2 is 0.625 bits per heavy atom. The van der Waals surface area contributed by atoms with Crippen LogP contribution in [0.15, 0.2) is 109 Å². The number of Topliss-reactive ketones (excluding diaryl/α,β-unsaturated/α-hetero) is 1. The number of ketones is 1. The molecule has 4 fully saturated rings. The summed E-state index contributed by atoms with van der Waals surface area (Å²) < 4.78 is 0. The fourth-order valence-electron chi connectivity index (χ4n) is 12.4. The van der Waals surface area contributed by atoms with E-state index in [0.717, 1.165) is 136 Å². The van der Waals surface area contributed by atoms with Crippen LogP contribution in [0, 0.1) is 23.7 Å². The first-order valence-electron chi connectivity index (χ1n) is 22.8. The normalized spacial score (nSPS) is 21.0. The minimum absolute atomic E-state index is 0.0562. The van der Waals surface area contributed by atoms with Crippen molar-refractivity contribution < 1.29 is 15.0 Å². The molecule has 0 bridgehead atoms. The Morgan fingerprint density at radius 1 is 0.375 bits per heavy atom. The van der Waals surface area contributed by atoms with Crippen molar-refractivity contribution in [3.8, 4) is 22.3 Å². The molecular formula is C53H66O3. The first-order chi connectivity index (χ1) is 27.5. The number of rotatable bonds is 12. The van der Waals surface area contributed by atoms with E-state index in [2.05, 4.69) is 97.1 Å². The molecule has 8 rings (SSSR count). The zero-order chi connectivity index (χ0) is 38.4. The second-order valence-electron chi connectivity index (χ2n) is 18.4. The van der Waals surface area contributed by atoms with Gasteiger partial charge in [0.2, 0.25) is 0 Å². The molecule has 0 radical (unpaired) electrons. The Kier molecular flexibility index (Phi) is 12.6. The van der Waals surface area contributed by atoms with Gasteiger partial charge in [-0.3, -0.25) is 4.79 Å². The Bertz CT molecular complexity index is 1630. The summed E-state index contributed by atoms with van der Waals surface area (Å²) in [7, 11) is 0. The molecule has 4 saturated carbocycles. The van der Waals surface area contributed by atoms with Gasteiger partial charge in [0.05, 0.1) is 23.0 Å². The third kappa shape index (κ3) is 7.97. The van der Waals surface area contributed by atoms with E-state index >= 15 is 4.79 Å². The van der Waals surface area contributed by atoms with Crippen LogP contribution < -0.4 is 0 Å². The lowest BCUT2D eigenvalue weighted by molar-refractivity contribution is -0.161. The minimum atomic E-state index is -1.19. The lowest BCUT2D eigenvalue weighted by Crippen LogP contribution is -2.59. The van der Waals surface area contributed by atoms with Gasteiger partial charge in [-0.2, -0.15) is 0 Å². The molecule has 3 heteroatoms. The predicted octanol–water partition coefficient (Wildman–Crippen LogP) is 13.2. The highest BCUT2D eigenvalue weighted by Gasteiger charge is 2.59. The number of hydrogen-bond donors (Lipinski definition) is 2. The smallest absolute Gasteiger partial charge is 0.153 e. The van der Waals surface area contributed by atoms with Gasteiger partial charge in [0.25, 0.3) is 0 Å². The van der Waals surface area contributed by atoms with Crippen LogP contribution in [0.2, 0.25) is 0 Å². The molecule has 2 N–H and O–H groups in total. The molecule has 4 aromatic rings. The Morgan fingerprint density at radius 3 is 0.893 bits per heavy atom. The summed E-state index contributed by atoms with van der Waals surface area (Å²) in [6, 6.07) is 38.3. The van der Waals surface area contributed by atoms with Gasteiger partial charge >= 0.3 is 0 Å². The van der Waals surface area contributed by atoms with Gasteiger partial charge in [-0.25, -0.2) is 0 Å². The van der Waals surface area contributed by atoms with Crippen molar-refractivity contribution in [2.75, 3.05) is 0 Å². The average molecular weight is 751 g/mol. The zero-order valence-corrected chi connectivity index (χ0v) is 33.8. The third-order valence-electron chi connectivity index (χ3n) is 15.2. The molecule has 2 unspecified atom stereocenters. The molecule has 2 atom stereocenters. The van der Waals surface area contributed by atoms with E-state index in [1.54, 1.807) is 0 Å². The largest absolute Gasteiger partial charge is 0.388 e. The van der Waals surface area contributed by atoms with Crippen molar-refractivity contribution >= 4 is 5.78 Å². The molecule has 4 aliphatic rings. The van der Waals surface area contributed by atoms with E-state index in [1.165, 1.54) is 25.7 Å². The summed E-state index contributed by atoms with van der Waals surface area (Å²) >= 11 is 0. The van der Waals surface area contributed by atoms with Gasteiger partial charge in [0, 0.05) is 0 Å². The average Bonchev–Trinajstić information content (AvgIpc) is 3.28. The fourth-order valence-corrected chi connectivity index (χ4v) is 12.4.